The summed E-state index contributed by atoms with van der Waals surface area (Å²) in [5.74, 6) is 2.08. The Hall–Kier alpha value is -2.68. The van der Waals surface area contributed by atoms with Crippen LogP contribution in [0.1, 0.15) is 56.1 Å². The summed E-state index contributed by atoms with van der Waals surface area (Å²) in [7, 11) is 2.15. The van der Waals surface area contributed by atoms with Gasteiger partial charge in [0.25, 0.3) is 0 Å². The number of benzene rings is 1. The highest BCUT2D eigenvalue weighted by atomic mass is 16.5. The number of nitrogens with zero attached hydrogens (tertiary/aromatic N) is 1. The van der Waals surface area contributed by atoms with Crippen molar-refractivity contribution in [3.8, 4) is 5.75 Å². The van der Waals surface area contributed by atoms with E-state index in [9.17, 15) is 5.11 Å². The first-order chi connectivity index (χ1) is 14.9. The second-order valence-corrected chi connectivity index (χ2v) is 9.70. The Morgan fingerprint density at radius 2 is 2.03 bits per heavy atom. The van der Waals surface area contributed by atoms with Crippen LogP contribution < -0.4 is 0 Å². The van der Waals surface area contributed by atoms with Crippen molar-refractivity contribution in [3.05, 3.63) is 88.5 Å². The molecule has 0 spiro atoms. The zero-order valence-electron chi connectivity index (χ0n) is 18.9. The number of hydrogen-bond acceptors (Lipinski definition) is 3. The van der Waals surface area contributed by atoms with Crippen molar-refractivity contribution in [2.45, 2.75) is 51.9 Å². The fourth-order valence-corrected chi connectivity index (χ4v) is 5.51. The third-order valence-corrected chi connectivity index (χ3v) is 7.71. The molecule has 2 atom stereocenters. The van der Waals surface area contributed by atoms with Crippen LogP contribution in [0.4, 0.5) is 0 Å². The Morgan fingerprint density at radius 1 is 1.23 bits per heavy atom. The third kappa shape index (κ3) is 3.44. The van der Waals surface area contributed by atoms with Crippen LogP contribution >= 0.6 is 0 Å². The lowest BCUT2D eigenvalue weighted by atomic mass is 9.81. The van der Waals surface area contributed by atoms with Gasteiger partial charge < -0.3 is 14.7 Å². The molecule has 1 saturated carbocycles. The summed E-state index contributed by atoms with van der Waals surface area (Å²) in [6.07, 6.45) is 14.7. The van der Waals surface area contributed by atoms with E-state index in [-0.39, 0.29) is 11.3 Å². The van der Waals surface area contributed by atoms with Crippen molar-refractivity contribution in [1.29, 1.82) is 0 Å². The monoisotopic (exact) mass is 415 g/mol. The molecule has 5 rings (SSSR count). The summed E-state index contributed by atoms with van der Waals surface area (Å²) >= 11 is 0. The average Bonchev–Trinajstić information content (AvgIpc) is 3.45. The molecule has 1 aliphatic heterocycles. The summed E-state index contributed by atoms with van der Waals surface area (Å²) in [6.45, 7) is 9.72. The number of allylic oxidation sites excluding steroid dienone is 6. The van der Waals surface area contributed by atoms with Crippen LogP contribution in [-0.4, -0.2) is 23.7 Å². The molecular formula is C28H33NO2. The highest BCUT2D eigenvalue weighted by Crippen LogP contribution is 2.60. The minimum Gasteiger partial charge on any atom is -0.508 e. The summed E-state index contributed by atoms with van der Waals surface area (Å²) in [5, 5.41) is 10.5. The van der Waals surface area contributed by atoms with Gasteiger partial charge in [-0.15, -0.1) is 0 Å². The second-order valence-electron chi connectivity index (χ2n) is 9.70. The Bertz CT molecular complexity index is 1050. The van der Waals surface area contributed by atoms with Crippen LogP contribution in [-0.2, 0) is 4.74 Å². The van der Waals surface area contributed by atoms with E-state index in [1.54, 1.807) is 0 Å². The van der Waals surface area contributed by atoms with Crippen molar-refractivity contribution >= 4 is 0 Å². The van der Waals surface area contributed by atoms with Gasteiger partial charge in [-0.3, -0.25) is 0 Å². The Balaban J connectivity index is 1.42. The molecule has 0 saturated heterocycles. The van der Waals surface area contributed by atoms with Gasteiger partial charge >= 0.3 is 0 Å². The number of likely N-dealkylation sites (N-methyl/N-ethyl adjacent to an activating group) is 1. The summed E-state index contributed by atoms with van der Waals surface area (Å²) < 4.78 is 5.79. The molecule has 1 heterocycles. The molecule has 1 aromatic rings. The van der Waals surface area contributed by atoms with Gasteiger partial charge in [0.05, 0.1) is 12.4 Å². The molecule has 3 aliphatic carbocycles. The minimum atomic E-state index is 0.106. The number of phenolic OH excluding ortho intramolecular Hbond substituents is 1. The Morgan fingerprint density at radius 3 is 2.81 bits per heavy atom. The van der Waals surface area contributed by atoms with Gasteiger partial charge in [0.15, 0.2) is 0 Å². The molecule has 3 nitrogen and oxygen atoms in total. The number of phenols is 1. The first-order valence-electron chi connectivity index (χ1n) is 11.6. The smallest absolute Gasteiger partial charge is 0.119 e. The van der Waals surface area contributed by atoms with E-state index in [4.69, 9.17) is 4.74 Å². The normalized spacial score (nSPS) is 26.0. The molecular weight excluding hydrogens is 382 g/mol. The highest BCUT2D eigenvalue weighted by molar-refractivity contribution is 5.47. The summed E-state index contributed by atoms with van der Waals surface area (Å²) in [4.78, 5) is 2.28. The lowest BCUT2D eigenvalue weighted by molar-refractivity contribution is 0.233. The first kappa shape index (κ1) is 20.2. The lowest BCUT2D eigenvalue weighted by Gasteiger charge is -2.35. The van der Waals surface area contributed by atoms with E-state index < -0.39 is 0 Å². The molecule has 4 aliphatic rings. The molecule has 31 heavy (non-hydrogen) atoms. The molecule has 2 unspecified atom stereocenters. The molecule has 3 heteroatoms. The molecule has 1 aromatic carbocycles. The number of aryl methyl sites for hydroxylation is 1. The number of rotatable bonds is 5. The van der Waals surface area contributed by atoms with Crippen molar-refractivity contribution < 1.29 is 9.84 Å². The number of aromatic hydroxyl groups is 1. The number of hydrogen-bond donors (Lipinski definition) is 1. The van der Waals surface area contributed by atoms with Gasteiger partial charge in [0.1, 0.15) is 5.75 Å². The summed E-state index contributed by atoms with van der Waals surface area (Å²) in [5.41, 5.74) is 7.59. The van der Waals surface area contributed by atoms with Crippen molar-refractivity contribution in [2.24, 2.45) is 11.3 Å². The van der Waals surface area contributed by atoms with E-state index in [1.165, 1.54) is 46.7 Å². The highest BCUT2D eigenvalue weighted by Gasteiger charge is 2.50. The van der Waals surface area contributed by atoms with Crippen LogP contribution in [0, 0.1) is 18.3 Å². The van der Waals surface area contributed by atoms with Gasteiger partial charge in [-0.25, -0.2) is 0 Å². The molecule has 0 amide bonds. The predicted molar refractivity (Wildman–Crippen MR) is 125 cm³/mol. The van der Waals surface area contributed by atoms with E-state index in [2.05, 4.69) is 62.7 Å². The van der Waals surface area contributed by atoms with Crippen molar-refractivity contribution in [2.75, 3.05) is 13.7 Å². The molecule has 162 valence electrons. The topological polar surface area (TPSA) is 32.7 Å². The SMILES string of the molecule is C=C(N(C)C1=CC(c2cc(C)ccc2O)C(C)C=C1)C1(C2=CC3=C(CC2)OCC3)CC1. The molecule has 1 N–H and O–H groups in total. The van der Waals surface area contributed by atoms with Crippen LogP contribution in [0.25, 0.3) is 0 Å². The van der Waals surface area contributed by atoms with Crippen LogP contribution in [0.5, 0.6) is 5.75 Å². The van der Waals surface area contributed by atoms with Crippen molar-refractivity contribution in [1.82, 2.24) is 4.90 Å². The first-order valence-corrected chi connectivity index (χ1v) is 11.6. The standard InChI is InChI=1S/C28H33NO2/c1-18-5-9-26(30)25(15-18)24-17-23(8-6-19(24)2)29(4)20(3)28(12-13-28)22-7-10-27-21(16-22)11-14-31-27/h5-6,8-9,15-17,19,24,30H,3,7,10-14H2,1-2,4H3. The fourth-order valence-electron chi connectivity index (χ4n) is 5.51. The van der Waals surface area contributed by atoms with E-state index >= 15 is 0 Å². The predicted octanol–water partition coefficient (Wildman–Crippen LogP) is 6.49. The van der Waals surface area contributed by atoms with E-state index in [0.29, 0.717) is 11.7 Å². The number of ether oxygens (including phenoxy) is 1. The fraction of sp³-hybridized carbons (Fsp3) is 0.429. The van der Waals surface area contributed by atoms with Crippen LogP contribution in [0.3, 0.4) is 0 Å². The lowest BCUT2D eigenvalue weighted by Crippen LogP contribution is -2.26. The molecule has 1 fully saturated rings. The van der Waals surface area contributed by atoms with E-state index in [1.807, 2.05) is 12.1 Å². The van der Waals surface area contributed by atoms with Crippen LogP contribution in [0.15, 0.2) is 77.4 Å². The second kappa shape index (κ2) is 7.47. The van der Waals surface area contributed by atoms with Gasteiger partial charge in [-0.2, -0.15) is 0 Å². The zero-order valence-corrected chi connectivity index (χ0v) is 18.9. The van der Waals surface area contributed by atoms with Gasteiger partial charge in [0, 0.05) is 48.2 Å². The van der Waals surface area contributed by atoms with Gasteiger partial charge in [-0.05, 0) is 49.8 Å². The average molecular weight is 416 g/mol. The largest absolute Gasteiger partial charge is 0.508 e. The quantitative estimate of drug-likeness (QED) is 0.596. The molecule has 0 radical (unpaired) electrons. The maximum absolute atomic E-state index is 10.5. The van der Waals surface area contributed by atoms with Crippen LogP contribution in [0.2, 0.25) is 0 Å². The third-order valence-electron chi connectivity index (χ3n) is 7.71. The molecule has 0 bridgehead atoms. The maximum atomic E-state index is 10.5. The van der Waals surface area contributed by atoms with Gasteiger partial charge in [0.2, 0.25) is 0 Å². The maximum Gasteiger partial charge on any atom is 0.119 e. The minimum absolute atomic E-state index is 0.106. The Labute approximate surface area is 186 Å². The zero-order chi connectivity index (χ0) is 21.8. The van der Waals surface area contributed by atoms with Crippen molar-refractivity contribution in [3.63, 3.8) is 0 Å². The summed E-state index contributed by atoms with van der Waals surface area (Å²) in [6, 6.07) is 5.89. The van der Waals surface area contributed by atoms with E-state index in [0.717, 1.165) is 31.4 Å². The Kier molecular flexibility index (Phi) is 4.88. The molecule has 0 aromatic heterocycles. The van der Waals surface area contributed by atoms with Gasteiger partial charge in [-0.1, -0.05) is 55.0 Å².